The zero-order chi connectivity index (χ0) is 24.2. The maximum absolute atomic E-state index is 14.2. The van der Waals surface area contributed by atoms with Gasteiger partial charge in [-0.15, -0.1) is 0 Å². The van der Waals surface area contributed by atoms with Crippen molar-refractivity contribution in [1.29, 1.82) is 0 Å². The zero-order valence-corrected chi connectivity index (χ0v) is 19.6. The molecule has 0 radical (unpaired) electrons. The van der Waals surface area contributed by atoms with E-state index < -0.39 is 17.5 Å². The van der Waals surface area contributed by atoms with Crippen LogP contribution in [0, 0.1) is 12.7 Å². The van der Waals surface area contributed by atoms with Crippen LogP contribution in [0.2, 0.25) is 0 Å². The third-order valence-corrected chi connectivity index (χ3v) is 6.61. The van der Waals surface area contributed by atoms with Crippen LogP contribution in [0.15, 0.2) is 30.5 Å². The normalized spacial score (nSPS) is 18.9. The standard InChI is InChI=1S/C25H27FN4O4/c1-13-7-16(5-6-17(13)26)30-18-8-14-10-27-29-23(14)28-21(18)20(22(30)25(2,3)12-33-4)15-9-19(24(31)32)34-11-15/h5-8,10,15,19H,9,11-12H2,1-4H3,(H,31,32)(H,27,28,29)/t15-,19?/m0/s1. The van der Waals surface area contributed by atoms with E-state index in [-0.39, 0.29) is 18.3 Å². The molecule has 1 aliphatic rings. The van der Waals surface area contributed by atoms with Gasteiger partial charge in [-0.1, -0.05) is 13.8 Å². The van der Waals surface area contributed by atoms with Gasteiger partial charge in [0.15, 0.2) is 11.8 Å². The van der Waals surface area contributed by atoms with Gasteiger partial charge in [-0.25, -0.2) is 14.2 Å². The number of carboxylic acid groups (broad SMARTS) is 1. The molecule has 0 saturated carbocycles. The lowest BCUT2D eigenvalue weighted by Gasteiger charge is -2.29. The lowest BCUT2D eigenvalue weighted by molar-refractivity contribution is -0.147. The number of nitrogens with one attached hydrogen (secondary N) is 1. The summed E-state index contributed by atoms with van der Waals surface area (Å²) in [5, 5.41) is 17.5. The maximum Gasteiger partial charge on any atom is 0.332 e. The Bertz CT molecular complexity index is 1410. The van der Waals surface area contributed by atoms with Gasteiger partial charge >= 0.3 is 5.97 Å². The lowest BCUT2D eigenvalue weighted by Crippen LogP contribution is -2.29. The van der Waals surface area contributed by atoms with E-state index in [9.17, 15) is 14.3 Å². The fraction of sp³-hybridized carbons (Fsp3) is 0.400. The number of H-pyrrole nitrogens is 1. The van der Waals surface area contributed by atoms with Crippen molar-refractivity contribution in [2.45, 2.75) is 44.6 Å². The van der Waals surface area contributed by atoms with Gasteiger partial charge in [-0.2, -0.15) is 5.10 Å². The Morgan fingerprint density at radius 3 is 2.85 bits per heavy atom. The van der Waals surface area contributed by atoms with Crippen LogP contribution in [-0.4, -0.2) is 57.3 Å². The smallest absolute Gasteiger partial charge is 0.332 e. The number of hydrogen-bond donors (Lipinski definition) is 2. The maximum atomic E-state index is 14.2. The Labute approximate surface area is 195 Å². The highest BCUT2D eigenvalue weighted by molar-refractivity contribution is 5.94. The van der Waals surface area contributed by atoms with E-state index in [0.29, 0.717) is 24.2 Å². The molecule has 5 rings (SSSR count). The molecule has 34 heavy (non-hydrogen) atoms. The molecule has 1 saturated heterocycles. The van der Waals surface area contributed by atoms with Crippen molar-refractivity contribution >= 4 is 28.0 Å². The van der Waals surface area contributed by atoms with E-state index in [1.165, 1.54) is 6.07 Å². The average Bonchev–Trinajstić information content (AvgIpc) is 3.50. The molecule has 1 aromatic carbocycles. The van der Waals surface area contributed by atoms with Crippen LogP contribution in [0.25, 0.3) is 27.8 Å². The SMILES string of the molecule is COCC(C)(C)c1c([C@@H]2COC(C(=O)O)C2)c2nc3[nH]ncc3cc2n1-c1ccc(F)c(C)c1. The molecular formula is C25H27FN4O4. The van der Waals surface area contributed by atoms with E-state index in [1.807, 2.05) is 12.1 Å². The van der Waals surface area contributed by atoms with Crippen LogP contribution in [0.3, 0.4) is 0 Å². The number of rotatable bonds is 6. The Kier molecular flexibility index (Phi) is 5.41. The number of aromatic amines is 1. The second-order valence-electron chi connectivity index (χ2n) is 9.60. The number of ether oxygens (including phenoxy) is 2. The molecular weight excluding hydrogens is 439 g/mol. The van der Waals surface area contributed by atoms with Crippen LogP contribution < -0.4 is 0 Å². The minimum Gasteiger partial charge on any atom is -0.479 e. The molecule has 2 atom stereocenters. The van der Waals surface area contributed by atoms with Crippen molar-refractivity contribution in [3.8, 4) is 5.69 Å². The summed E-state index contributed by atoms with van der Waals surface area (Å²) in [6, 6.07) is 7.05. The molecule has 0 amide bonds. The number of benzene rings is 1. The fourth-order valence-electron chi connectivity index (χ4n) is 5.11. The highest BCUT2D eigenvalue weighted by Crippen LogP contribution is 2.44. The van der Waals surface area contributed by atoms with Gasteiger partial charge in [0.25, 0.3) is 0 Å². The summed E-state index contributed by atoms with van der Waals surface area (Å²) in [6.45, 7) is 6.60. The molecule has 4 heterocycles. The fourth-order valence-corrected chi connectivity index (χ4v) is 5.11. The summed E-state index contributed by atoms with van der Waals surface area (Å²) in [6.07, 6.45) is 1.19. The van der Waals surface area contributed by atoms with E-state index >= 15 is 0 Å². The van der Waals surface area contributed by atoms with E-state index in [4.69, 9.17) is 14.5 Å². The predicted molar refractivity (Wildman–Crippen MR) is 125 cm³/mol. The first-order chi connectivity index (χ1) is 16.2. The summed E-state index contributed by atoms with van der Waals surface area (Å²) >= 11 is 0. The van der Waals surface area contributed by atoms with E-state index in [2.05, 4.69) is 28.6 Å². The third-order valence-electron chi connectivity index (χ3n) is 6.61. The van der Waals surface area contributed by atoms with Gasteiger partial charge in [-0.3, -0.25) is 5.10 Å². The molecule has 1 fully saturated rings. The van der Waals surface area contributed by atoms with Gasteiger partial charge in [0.05, 0.1) is 30.4 Å². The third kappa shape index (κ3) is 3.56. The summed E-state index contributed by atoms with van der Waals surface area (Å²) < 4.78 is 27.5. The second-order valence-corrected chi connectivity index (χ2v) is 9.60. The monoisotopic (exact) mass is 466 g/mol. The van der Waals surface area contributed by atoms with Crippen LogP contribution >= 0.6 is 0 Å². The zero-order valence-electron chi connectivity index (χ0n) is 19.6. The Hall–Kier alpha value is -3.30. The molecule has 1 unspecified atom stereocenters. The molecule has 2 N–H and O–H groups in total. The Morgan fingerprint density at radius 1 is 1.38 bits per heavy atom. The summed E-state index contributed by atoms with van der Waals surface area (Å²) in [7, 11) is 1.66. The molecule has 178 valence electrons. The van der Waals surface area contributed by atoms with E-state index in [1.54, 1.807) is 26.3 Å². The highest BCUT2D eigenvalue weighted by Gasteiger charge is 2.40. The number of methoxy groups -OCH3 is 1. The minimum absolute atomic E-state index is 0.176. The van der Waals surface area contributed by atoms with Crippen molar-refractivity contribution in [3.63, 3.8) is 0 Å². The number of nitrogens with zero attached hydrogens (tertiary/aromatic N) is 3. The summed E-state index contributed by atoms with van der Waals surface area (Å²) in [5.74, 6) is -1.42. The lowest BCUT2D eigenvalue weighted by atomic mass is 9.82. The van der Waals surface area contributed by atoms with Crippen molar-refractivity contribution in [3.05, 3.63) is 53.1 Å². The van der Waals surface area contributed by atoms with Crippen molar-refractivity contribution in [1.82, 2.24) is 19.7 Å². The quantitative estimate of drug-likeness (QED) is 0.441. The number of aryl methyl sites for hydroxylation is 1. The number of fused-ring (bicyclic) bond motifs is 2. The topological polar surface area (TPSA) is 102 Å². The van der Waals surface area contributed by atoms with Crippen molar-refractivity contribution < 1.29 is 23.8 Å². The van der Waals surface area contributed by atoms with Gasteiger partial charge in [0.1, 0.15) is 5.82 Å². The second kappa shape index (κ2) is 8.18. The summed E-state index contributed by atoms with van der Waals surface area (Å²) in [4.78, 5) is 16.6. The van der Waals surface area contributed by atoms with Crippen LogP contribution in [0.1, 0.15) is 43.0 Å². The number of hydrogen-bond acceptors (Lipinski definition) is 5. The van der Waals surface area contributed by atoms with Crippen LogP contribution in [0.5, 0.6) is 0 Å². The van der Waals surface area contributed by atoms with Gasteiger partial charge < -0.3 is 19.1 Å². The average molecular weight is 467 g/mol. The molecule has 3 aromatic heterocycles. The van der Waals surface area contributed by atoms with Gasteiger partial charge in [-0.05, 0) is 43.2 Å². The van der Waals surface area contributed by atoms with Crippen LogP contribution in [0.4, 0.5) is 4.39 Å². The van der Waals surface area contributed by atoms with E-state index in [0.717, 1.165) is 33.4 Å². The first kappa shape index (κ1) is 22.5. The van der Waals surface area contributed by atoms with Gasteiger partial charge in [0.2, 0.25) is 0 Å². The number of aromatic nitrogens is 4. The molecule has 4 aromatic rings. The summed E-state index contributed by atoms with van der Waals surface area (Å²) in [5.41, 5.74) is 4.97. The first-order valence-electron chi connectivity index (χ1n) is 11.2. The Morgan fingerprint density at radius 2 is 2.18 bits per heavy atom. The largest absolute Gasteiger partial charge is 0.479 e. The Balaban J connectivity index is 1.88. The minimum atomic E-state index is -0.970. The molecule has 0 bridgehead atoms. The predicted octanol–water partition coefficient (Wildman–Crippen LogP) is 4.23. The molecule has 0 spiro atoms. The highest BCUT2D eigenvalue weighted by atomic mass is 19.1. The molecule has 8 nitrogen and oxygen atoms in total. The molecule has 9 heteroatoms. The van der Waals surface area contributed by atoms with Crippen molar-refractivity contribution in [2.75, 3.05) is 20.3 Å². The molecule has 0 aliphatic carbocycles. The van der Waals surface area contributed by atoms with Gasteiger partial charge in [0, 0.05) is 40.8 Å². The molecule has 1 aliphatic heterocycles. The number of carboxylic acids is 1. The number of aliphatic carboxylic acids is 1. The number of pyridine rings is 1. The first-order valence-corrected chi connectivity index (χ1v) is 11.2. The number of halogens is 1. The van der Waals surface area contributed by atoms with Crippen molar-refractivity contribution in [2.24, 2.45) is 0 Å². The van der Waals surface area contributed by atoms with Crippen LogP contribution in [-0.2, 0) is 19.7 Å². The number of carbonyl (C=O) groups is 1.